The summed E-state index contributed by atoms with van der Waals surface area (Å²) in [5.74, 6) is 0.165. The minimum absolute atomic E-state index is 0.165. The van der Waals surface area contributed by atoms with Crippen molar-refractivity contribution in [1.29, 1.82) is 0 Å². The van der Waals surface area contributed by atoms with Gasteiger partial charge in [-0.15, -0.1) is 0 Å². The third-order valence-corrected chi connectivity index (χ3v) is 4.56. The van der Waals surface area contributed by atoms with Crippen LogP contribution in [0, 0.1) is 5.41 Å². The summed E-state index contributed by atoms with van der Waals surface area (Å²) < 4.78 is 0. The van der Waals surface area contributed by atoms with Crippen LogP contribution in [0.1, 0.15) is 51.4 Å². The van der Waals surface area contributed by atoms with Crippen LogP contribution < -0.4 is 10.6 Å². The van der Waals surface area contributed by atoms with E-state index in [9.17, 15) is 4.79 Å². The van der Waals surface area contributed by atoms with Crippen molar-refractivity contribution in [2.45, 2.75) is 57.4 Å². The summed E-state index contributed by atoms with van der Waals surface area (Å²) in [4.78, 5) is 11.9. The first kappa shape index (κ1) is 13.8. The molecule has 0 radical (unpaired) electrons. The maximum absolute atomic E-state index is 11.9. The molecule has 2 fully saturated rings. The normalized spacial score (nSPS) is 26.4. The number of carbonyl (C=O) groups excluding carboxylic acids is 1. The molecular weight excluding hydrogens is 228 g/mol. The van der Waals surface area contributed by atoms with Crippen LogP contribution in [-0.2, 0) is 4.79 Å². The van der Waals surface area contributed by atoms with Gasteiger partial charge in [-0.05, 0) is 44.1 Å². The summed E-state index contributed by atoms with van der Waals surface area (Å²) >= 11 is 0. The number of aliphatic hydroxyl groups is 1. The van der Waals surface area contributed by atoms with Crippen LogP contribution in [0.2, 0.25) is 0 Å². The van der Waals surface area contributed by atoms with Crippen LogP contribution in [0.15, 0.2) is 0 Å². The van der Waals surface area contributed by atoms with Crippen molar-refractivity contribution in [3.8, 4) is 0 Å². The Labute approximate surface area is 110 Å². The molecule has 0 aromatic carbocycles. The maximum atomic E-state index is 11.9. The van der Waals surface area contributed by atoms with Crippen molar-refractivity contribution in [2.75, 3.05) is 19.7 Å². The summed E-state index contributed by atoms with van der Waals surface area (Å²) in [7, 11) is 0. The molecule has 4 nitrogen and oxygen atoms in total. The molecule has 3 N–H and O–H groups in total. The van der Waals surface area contributed by atoms with E-state index in [1.54, 1.807) is 0 Å². The Morgan fingerprint density at radius 2 is 2.11 bits per heavy atom. The monoisotopic (exact) mass is 254 g/mol. The second kappa shape index (κ2) is 6.53. The average molecular weight is 254 g/mol. The minimum Gasteiger partial charge on any atom is -0.396 e. The Kier molecular flexibility index (Phi) is 5.01. The first-order valence-corrected chi connectivity index (χ1v) is 7.35. The predicted molar refractivity (Wildman–Crippen MR) is 71.3 cm³/mol. The van der Waals surface area contributed by atoms with Gasteiger partial charge in [-0.2, -0.15) is 0 Å². The number of rotatable bonds is 6. The van der Waals surface area contributed by atoms with Crippen LogP contribution in [0.5, 0.6) is 0 Å². The SMILES string of the molecule is O=C(CC1CCCN1)NCC1(CCO)CCCC1. The third kappa shape index (κ3) is 3.69. The van der Waals surface area contributed by atoms with E-state index in [-0.39, 0.29) is 17.9 Å². The molecule has 1 saturated carbocycles. The number of aliphatic hydroxyl groups excluding tert-OH is 1. The summed E-state index contributed by atoms with van der Waals surface area (Å²) in [5, 5.41) is 15.6. The number of carbonyl (C=O) groups is 1. The molecule has 1 atom stereocenters. The Morgan fingerprint density at radius 1 is 1.33 bits per heavy atom. The molecule has 1 aliphatic heterocycles. The zero-order chi connectivity index (χ0) is 12.8. The summed E-state index contributed by atoms with van der Waals surface area (Å²) in [6, 6.07) is 0.377. The van der Waals surface area contributed by atoms with E-state index in [2.05, 4.69) is 10.6 Å². The van der Waals surface area contributed by atoms with Crippen molar-refractivity contribution >= 4 is 5.91 Å². The highest BCUT2D eigenvalue weighted by Crippen LogP contribution is 2.40. The van der Waals surface area contributed by atoms with Gasteiger partial charge < -0.3 is 15.7 Å². The van der Waals surface area contributed by atoms with Gasteiger partial charge in [-0.25, -0.2) is 0 Å². The zero-order valence-electron chi connectivity index (χ0n) is 11.2. The summed E-state index contributed by atoms with van der Waals surface area (Å²) in [6.45, 7) is 2.03. The molecule has 1 amide bonds. The van der Waals surface area contributed by atoms with E-state index in [1.807, 2.05) is 0 Å². The van der Waals surface area contributed by atoms with E-state index < -0.39 is 0 Å². The van der Waals surface area contributed by atoms with E-state index in [0.29, 0.717) is 12.5 Å². The highest BCUT2D eigenvalue weighted by molar-refractivity contribution is 5.76. The van der Waals surface area contributed by atoms with Gasteiger partial charge in [0.05, 0.1) is 0 Å². The molecule has 2 rings (SSSR count). The van der Waals surface area contributed by atoms with Crippen LogP contribution in [0.4, 0.5) is 0 Å². The summed E-state index contributed by atoms with van der Waals surface area (Å²) in [6.07, 6.45) is 8.51. The Morgan fingerprint density at radius 3 is 2.72 bits per heavy atom. The molecule has 104 valence electrons. The van der Waals surface area contributed by atoms with Gasteiger partial charge in [0.25, 0.3) is 0 Å². The lowest BCUT2D eigenvalue weighted by Gasteiger charge is -2.28. The van der Waals surface area contributed by atoms with Crippen molar-refractivity contribution in [1.82, 2.24) is 10.6 Å². The second-order valence-corrected chi connectivity index (χ2v) is 5.95. The topological polar surface area (TPSA) is 61.4 Å². The lowest BCUT2D eigenvalue weighted by atomic mass is 9.83. The fourth-order valence-electron chi connectivity index (χ4n) is 3.39. The molecule has 2 aliphatic rings. The van der Waals surface area contributed by atoms with Crippen molar-refractivity contribution < 1.29 is 9.90 Å². The highest BCUT2D eigenvalue weighted by Gasteiger charge is 2.33. The van der Waals surface area contributed by atoms with Crippen LogP contribution in [0.25, 0.3) is 0 Å². The molecular formula is C14H26N2O2. The third-order valence-electron chi connectivity index (χ3n) is 4.56. The fourth-order valence-corrected chi connectivity index (χ4v) is 3.39. The lowest BCUT2D eigenvalue weighted by molar-refractivity contribution is -0.122. The lowest BCUT2D eigenvalue weighted by Crippen LogP contribution is -2.39. The molecule has 1 heterocycles. The maximum Gasteiger partial charge on any atom is 0.221 e. The summed E-state index contributed by atoms with van der Waals surface area (Å²) in [5.41, 5.74) is 0.174. The van der Waals surface area contributed by atoms with Crippen LogP contribution >= 0.6 is 0 Å². The quantitative estimate of drug-likeness (QED) is 0.667. The number of nitrogens with one attached hydrogen (secondary N) is 2. The van der Waals surface area contributed by atoms with E-state index >= 15 is 0 Å². The van der Waals surface area contributed by atoms with Crippen molar-refractivity contribution in [2.24, 2.45) is 5.41 Å². The molecule has 0 aromatic heterocycles. The van der Waals surface area contributed by atoms with Gasteiger partial charge in [0.2, 0.25) is 5.91 Å². The van der Waals surface area contributed by atoms with Gasteiger partial charge in [0, 0.05) is 25.6 Å². The van der Waals surface area contributed by atoms with E-state index in [1.165, 1.54) is 19.3 Å². The Balaban J connectivity index is 1.73. The molecule has 1 aliphatic carbocycles. The number of hydrogen-bond acceptors (Lipinski definition) is 3. The minimum atomic E-state index is 0.165. The molecule has 1 unspecified atom stereocenters. The largest absolute Gasteiger partial charge is 0.396 e. The molecule has 18 heavy (non-hydrogen) atoms. The first-order chi connectivity index (χ1) is 8.74. The second-order valence-electron chi connectivity index (χ2n) is 5.95. The van der Waals surface area contributed by atoms with Crippen molar-refractivity contribution in [3.05, 3.63) is 0 Å². The smallest absolute Gasteiger partial charge is 0.221 e. The van der Waals surface area contributed by atoms with Gasteiger partial charge in [0.15, 0.2) is 0 Å². The van der Waals surface area contributed by atoms with Gasteiger partial charge >= 0.3 is 0 Å². The van der Waals surface area contributed by atoms with Gasteiger partial charge in [-0.3, -0.25) is 4.79 Å². The molecule has 0 aromatic rings. The number of hydrogen-bond donors (Lipinski definition) is 3. The van der Waals surface area contributed by atoms with Gasteiger partial charge in [0.1, 0.15) is 0 Å². The molecule has 1 saturated heterocycles. The highest BCUT2D eigenvalue weighted by atomic mass is 16.3. The number of amides is 1. The van der Waals surface area contributed by atoms with Crippen LogP contribution in [0.3, 0.4) is 0 Å². The van der Waals surface area contributed by atoms with Crippen molar-refractivity contribution in [3.63, 3.8) is 0 Å². The Bertz CT molecular complexity index is 269. The fraction of sp³-hybridized carbons (Fsp3) is 0.929. The van der Waals surface area contributed by atoms with E-state index in [4.69, 9.17) is 5.11 Å². The first-order valence-electron chi connectivity index (χ1n) is 7.35. The standard InChI is InChI=1S/C14H26N2O2/c17-9-7-14(5-1-2-6-14)11-16-13(18)10-12-4-3-8-15-12/h12,15,17H,1-11H2,(H,16,18). The predicted octanol–water partition coefficient (Wildman–Crippen LogP) is 1.19. The molecule has 0 spiro atoms. The van der Waals surface area contributed by atoms with Gasteiger partial charge in [-0.1, -0.05) is 12.8 Å². The van der Waals surface area contributed by atoms with E-state index in [0.717, 1.165) is 38.8 Å². The zero-order valence-corrected chi connectivity index (χ0v) is 11.2. The van der Waals surface area contributed by atoms with Crippen LogP contribution in [-0.4, -0.2) is 36.8 Å². The molecule has 4 heteroatoms. The molecule has 0 bridgehead atoms. The average Bonchev–Trinajstić information content (AvgIpc) is 2.99. The Hall–Kier alpha value is -0.610.